The molecular weight excluding hydrogens is 552 g/mol. The molecule has 3 atom stereocenters. The summed E-state index contributed by atoms with van der Waals surface area (Å²) >= 11 is 6.55. The molecule has 3 aliphatic rings. The highest BCUT2D eigenvalue weighted by atomic mass is 35.5. The van der Waals surface area contributed by atoms with Gasteiger partial charge in [-0.2, -0.15) is 0 Å². The van der Waals surface area contributed by atoms with Crippen molar-refractivity contribution in [1.29, 1.82) is 0 Å². The number of methoxy groups -OCH3 is 3. The van der Waals surface area contributed by atoms with E-state index in [1.165, 1.54) is 32.0 Å². The van der Waals surface area contributed by atoms with Gasteiger partial charge in [0.2, 0.25) is 23.1 Å². The van der Waals surface area contributed by atoms with E-state index in [1.54, 1.807) is 32.2 Å². The summed E-state index contributed by atoms with van der Waals surface area (Å²) in [5.41, 5.74) is -0.812. The second-order valence-electron chi connectivity index (χ2n) is 10.5. The molecule has 3 aromatic rings. The quantitative estimate of drug-likeness (QED) is 0.465. The first-order valence-electron chi connectivity index (χ1n) is 13.0. The van der Waals surface area contributed by atoms with Crippen LogP contribution in [-0.4, -0.2) is 49.0 Å². The van der Waals surface area contributed by atoms with Crippen LogP contribution in [0.25, 0.3) is 10.9 Å². The number of nitrogens with zero attached hydrogens (tertiary/aromatic N) is 1. The zero-order valence-electron chi connectivity index (χ0n) is 23.0. The van der Waals surface area contributed by atoms with E-state index in [9.17, 15) is 19.2 Å². The molecule has 41 heavy (non-hydrogen) atoms. The Morgan fingerprint density at radius 1 is 0.976 bits per heavy atom. The van der Waals surface area contributed by atoms with Gasteiger partial charge in [0.15, 0.2) is 5.75 Å². The fourth-order valence-electron chi connectivity index (χ4n) is 6.30. The van der Waals surface area contributed by atoms with Crippen LogP contribution in [0.5, 0.6) is 23.0 Å². The number of ketones is 2. The van der Waals surface area contributed by atoms with E-state index in [1.807, 2.05) is 6.07 Å². The monoisotopic (exact) mass is 578 g/mol. The molecule has 2 aromatic carbocycles. The van der Waals surface area contributed by atoms with Crippen LogP contribution in [0.2, 0.25) is 5.02 Å². The van der Waals surface area contributed by atoms with Gasteiger partial charge < -0.3 is 28.8 Å². The Morgan fingerprint density at radius 3 is 2.39 bits per heavy atom. The molecule has 11 heteroatoms. The predicted octanol–water partition coefficient (Wildman–Crippen LogP) is 3.70. The van der Waals surface area contributed by atoms with E-state index >= 15 is 0 Å². The van der Waals surface area contributed by atoms with Crippen molar-refractivity contribution < 1.29 is 33.3 Å². The summed E-state index contributed by atoms with van der Waals surface area (Å²) in [5.74, 6) is -2.13. The van der Waals surface area contributed by atoms with Gasteiger partial charge in [0.05, 0.1) is 26.8 Å². The molecule has 0 unspecified atom stereocenters. The maximum Gasteiger partial charge on any atom is 0.254 e. The molecule has 6 rings (SSSR count). The van der Waals surface area contributed by atoms with Gasteiger partial charge in [0.1, 0.15) is 27.8 Å². The highest BCUT2D eigenvalue weighted by Crippen LogP contribution is 2.55. The fourth-order valence-corrected chi connectivity index (χ4v) is 6.57. The van der Waals surface area contributed by atoms with Gasteiger partial charge in [-0.3, -0.25) is 19.2 Å². The summed E-state index contributed by atoms with van der Waals surface area (Å²) in [4.78, 5) is 55.3. The van der Waals surface area contributed by atoms with Crippen LogP contribution >= 0.6 is 11.6 Å². The Hall–Kier alpha value is -4.31. The number of hydrogen-bond donors (Lipinski definition) is 1. The third-order valence-electron chi connectivity index (χ3n) is 8.40. The normalized spacial score (nSPS) is 23.3. The SMILES string of the molecule is COc1ccc2cc([C@@H]3CC(=O)NC4=C3C(=O)[C@@]3(Oc5c(Cl)c(OC)cc(OC)c5C3=O)[C@H](C)C4)c(=O)n(C)c2c1. The molecule has 1 N–H and O–H groups in total. The minimum atomic E-state index is -1.96. The van der Waals surface area contributed by atoms with E-state index < -0.39 is 29.0 Å². The van der Waals surface area contributed by atoms with E-state index in [0.717, 1.165) is 5.39 Å². The lowest BCUT2D eigenvalue weighted by atomic mass is 9.66. The van der Waals surface area contributed by atoms with Gasteiger partial charge in [-0.05, 0) is 30.0 Å². The van der Waals surface area contributed by atoms with Gasteiger partial charge in [-0.15, -0.1) is 0 Å². The molecule has 0 saturated heterocycles. The number of fused-ring (bicyclic) bond motifs is 2. The van der Waals surface area contributed by atoms with Gasteiger partial charge in [0.25, 0.3) is 5.56 Å². The van der Waals surface area contributed by atoms with Crippen molar-refractivity contribution in [2.75, 3.05) is 21.3 Å². The fraction of sp³-hybridized carbons (Fsp3) is 0.333. The number of carbonyl (C=O) groups excluding carboxylic acids is 3. The average molecular weight is 579 g/mol. The number of nitrogens with one attached hydrogen (secondary N) is 1. The molecule has 0 saturated carbocycles. The first-order valence-corrected chi connectivity index (χ1v) is 13.4. The summed E-state index contributed by atoms with van der Waals surface area (Å²) < 4.78 is 23.8. The van der Waals surface area contributed by atoms with Crippen LogP contribution in [0.1, 0.15) is 41.6 Å². The molecule has 0 fully saturated rings. The maximum absolute atomic E-state index is 14.6. The standard InChI is InChI=1S/C30H27ClN2O8/c1-13-8-18-23(27(35)30(13)28(36)24-20(39-4)12-21(40-5)25(31)26(24)41-30)16(11-22(34)32-18)17-9-14-6-7-15(38-3)10-19(14)33(2)29(17)37/h6-7,9-10,12-13,16H,8,11H2,1-5H3,(H,32,34)/t13-,16+,30+/m1/s1. The Labute approximate surface area is 239 Å². The third kappa shape index (κ3) is 3.63. The number of aromatic nitrogens is 1. The number of ether oxygens (including phenoxy) is 4. The Balaban J connectivity index is 1.53. The lowest BCUT2D eigenvalue weighted by molar-refractivity contribution is -0.131. The molecular formula is C30H27ClN2O8. The van der Waals surface area contributed by atoms with Crippen LogP contribution in [0.15, 0.2) is 46.4 Å². The lowest BCUT2D eigenvalue weighted by Crippen LogP contribution is -2.59. The first-order chi connectivity index (χ1) is 19.6. The maximum atomic E-state index is 14.6. The molecule has 1 aliphatic carbocycles. The van der Waals surface area contributed by atoms with E-state index in [4.69, 9.17) is 30.5 Å². The minimum absolute atomic E-state index is 0.00378. The number of benzene rings is 2. The highest BCUT2D eigenvalue weighted by molar-refractivity contribution is 6.36. The average Bonchev–Trinajstić information content (AvgIpc) is 3.28. The van der Waals surface area contributed by atoms with E-state index in [-0.39, 0.29) is 63.3 Å². The molecule has 1 amide bonds. The molecule has 2 aliphatic heterocycles. The van der Waals surface area contributed by atoms with Gasteiger partial charge >= 0.3 is 0 Å². The molecule has 212 valence electrons. The number of carbonyl (C=O) groups is 3. The Morgan fingerprint density at radius 2 is 1.71 bits per heavy atom. The number of Topliss-reactive ketones (excluding diaryl/α,β-unsaturated/α-hetero) is 2. The van der Waals surface area contributed by atoms with Crippen molar-refractivity contribution in [1.82, 2.24) is 9.88 Å². The van der Waals surface area contributed by atoms with Crippen LogP contribution in [0.3, 0.4) is 0 Å². The zero-order chi connectivity index (χ0) is 29.4. The van der Waals surface area contributed by atoms with Crippen LogP contribution < -0.4 is 29.8 Å². The first kappa shape index (κ1) is 26.9. The third-order valence-corrected chi connectivity index (χ3v) is 8.75. The summed E-state index contributed by atoms with van der Waals surface area (Å²) in [6, 6.07) is 8.49. The Kier molecular flexibility index (Phi) is 6.15. The number of rotatable bonds is 4. The van der Waals surface area contributed by atoms with Crippen molar-refractivity contribution >= 4 is 40.0 Å². The topological polar surface area (TPSA) is 122 Å². The van der Waals surface area contributed by atoms with Crippen molar-refractivity contribution in [3.63, 3.8) is 0 Å². The number of amides is 1. The van der Waals surface area contributed by atoms with Crippen LogP contribution in [0, 0.1) is 5.92 Å². The van der Waals surface area contributed by atoms with Crippen molar-refractivity contribution in [3.05, 3.63) is 68.1 Å². The van der Waals surface area contributed by atoms with Crippen molar-refractivity contribution in [3.8, 4) is 23.0 Å². The number of hydrogen-bond acceptors (Lipinski definition) is 8. The van der Waals surface area contributed by atoms with E-state index in [2.05, 4.69) is 5.32 Å². The minimum Gasteiger partial charge on any atom is -0.497 e. The molecule has 1 spiro atoms. The van der Waals surface area contributed by atoms with Crippen LogP contribution in [-0.2, 0) is 16.6 Å². The molecule has 10 nitrogen and oxygen atoms in total. The lowest BCUT2D eigenvalue weighted by Gasteiger charge is -2.41. The molecule has 0 bridgehead atoms. The zero-order valence-corrected chi connectivity index (χ0v) is 23.8. The molecule has 3 heterocycles. The number of pyridine rings is 1. The van der Waals surface area contributed by atoms with Crippen molar-refractivity contribution in [2.24, 2.45) is 13.0 Å². The molecule has 1 aromatic heterocycles. The summed E-state index contributed by atoms with van der Waals surface area (Å²) in [7, 11) is 5.98. The number of halogens is 1. The summed E-state index contributed by atoms with van der Waals surface area (Å²) in [5, 5.41) is 3.59. The largest absolute Gasteiger partial charge is 0.497 e. The van der Waals surface area contributed by atoms with Gasteiger partial charge in [-0.1, -0.05) is 18.5 Å². The van der Waals surface area contributed by atoms with Crippen molar-refractivity contribution in [2.45, 2.75) is 31.3 Å². The number of aryl methyl sites for hydroxylation is 1. The Bertz CT molecular complexity index is 1790. The highest BCUT2D eigenvalue weighted by Gasteiger charge is 2.63. The van der Waals surface area contributed by atoms with Crippen LogP contribution in [0.4, 0.5) is 0 Å². The molecule has 0 radical (unpaired) electrons. The second-order valence-corrected chi connectivity index (χ2v) is 10.9. The van der Waals surface area contributed by atoms with E-state index in [0.29, 0.717) is 17.0 Å². The smallest absolute Gasteiger partial charge is 0.254 e. The summed E-state index contributed by atoms with van der Waals surface area (Å²) in [6.07, 6.45) is 0.0101. The number of allylic oxidation sites excluding steroid dienone is 1. The second kappa shape index (κ2) is 9.37. The predicted molar refractivity (Wildman–Crippen MR) is 149 cm³/mol. The summed E-state index contributed by atoms with van der Waals surface area (Å²) in [6.45, 7) is 1.71. The van der Waals surface area contributed by atoms with Gasteiger partial charge in [-0.25, -0.2) is 0 Å². The van der Waals surface area contributed by atoms with Gasteiger partial charge in [0, 0.05) is 54.3 Å².